The highest BCUT2D eigenvalue weighted by atomic mass is 31.2. The van der Waals surface area contributed by atoms with Crippen LogP contribution in [0.25, 0.3) is 0 Å². The summed E-state index contributed by atoms with van der Waals surface area (Å²) in [7, 11) is -2.79. The third-order valence-electron chi connectivity index (χ3n) is 14.3. The van der Waals surface area contributed by atoms with Gasteiger partial charge in [-0.05, 0) is 64.1 Å². The molecule has 1 heterocycles. The summed E-state index contributed by atoms with van der Waals surface area (Å²) in [5.41, 5.74) is 4.09. The summed E-state index contributed by atoms with van der Waals surface area (Å²) in [6, 6.07) is 46.8. The van der Waals surface area contributed by atoms with Crippen LogP contribution in [0.4, 0.5) is 0 Å². The third kappa shape index (κ3) is 9.08. The molecule has 1 aliphatic heterocycles. The molecule has 332 valence electrons. The Kier molecular flexibility index (Phi) is 13.1. The molecule has 10 nitrogen and oxygen atoms in total. The number of hydrogen-bond donors (Lipinski definition) is 0. The van der Waals surface area contributed by atoms with E-state index in [-0.39, 0.29) is 43.9 Å². The minimum atomic E-state index is -4.44. The highest BCUT2D eigenvalue weighted by Gasteiger charge is 2.76. The molecule has 9 atom stereocenters. The van der Waals surface area contributed by atoms with E-state index in [0.717, 1.165) is 52.8 Å². The van der Waals surface area contributed by atoms with Crippen molar-refractivity contribution in [2.24, 2.45) is 16.7 Å². The Morgan fingerprint density at radius 3 is 1.37 bits per heavy atom. The van der Waals surface area contributed by atoms with Crippen LogP contribution in [-0.4, -0.2) is 49.5 Å². The van der Waals surface area contributed by atoms with Crippen LogP contribution in [0, 0.1) is 16.7 Å². The molecule has 4 fully saturated rings. The van der Waals surface area contributed by atoms with Crippen molar-refractivity contribution in [1.29, 1.82) is 0 Å². The van der Waals surface area contributed by atoms with Gasteiger partial charge in [0.2, 0.25) is 0 Å². The molecule has 1 saturated heterocycles. The second kappa shape index (κ2) is 18.7. The van der Waals surface area contributed by atoms with Crippen molar-refractivity contribution in [3.63, 3.8) is 0 Å². The Hall–Kier alpha value is -4.19. The highest BCUT2D eigenvalue weighted by Crippen LogP contribution is 2.73. The zero-order valence-corrected chi connectivity index (χ0v) is 37.5. The van der Waals surface area contributed by atoms with E-state index < -0.39 is 50.2 Å². The quantitative estimate of drug-likeness (QED) is 0.0791. The van der Waals surface area contributed by atoms with Crippen molar-refractivity contribution in [3.8, 4) is 5.75 Å². The van der Waals surface area contributed by atoms with Crippen LogP contribution in [-0.2, 0) is 74.9 Å². The van der Waals surface area contributed by atoms with E-state index in [0.29, 0.717) is 5.92 Å². The predicted octanol–water partition coefficient (Wildman–Crippen LogP) is 11.0. The largest absolute Gasteiger partial charge is 0.497 e. The molecule has 0 N–H and O–H groups in total. The normalized spacial score (nSPS) is 29.5. The van der Waals surface area contributed by atoms with Crippen LogP contribution in [0.15, 0.2) is 146 Å². The lowest BCUT2D eigenvalue weighted by atomic mass is 9.68. The molecule has 5 aromatic rings. The Labute approximate surface area is 371 Å². The Balaban J connectivity index is 1.14. The van der Waals surface area contributed by atoms with Crippen LogP contribution >= 0.6 is 7.82 Å². The first kappa shape index (κ1) is 44.0. The topological polar surface area (TPSA) is 100 Å². The van der Waals surface area contributed by atoms with Crippen LogP contribution in [0.2, 0.25) is 0 Å². The minimum Gasteiger partial charge on any atom is -0.497 e. The molecule has 4 aliphatic rings. The molecule has 1 unspecified atom stereocenters. The zero-order valence-electron chi connectivity index (χ0n) is 36.6. The van der Waals surface area contributed by atoms with Crippen LogP contribution in [0.5, 0.6) is 5.75 Å². The zero-order chi connectivity index (χ0) is 43.5. The standard InChI is InChI=1S/C52H59O10P/c1-50(2)42-29-30-51(50,3)52(31-42)60-47-44(55-34-41-25-27-43(54-4)28-26-41)45(56-32-37-17-9-5-10-18-37)49(46(48(47)61-52)57-33-38-19-11-6-12-20-38)62-63(53,58-35-39-21-13-7-14-22-39)59-36-40-23-15-8-16-24-40/h5-28,42,44-49H,29-36H2,1-4H3/t42-,44+,45+,46-,47+,48-,49-,51-,52?/m1/s1. The van der Waals surface area contributed by atoms with E-state index in [1.165, 1.54) is 0 Å². The van der Waals surface area contributed by atoms with E-state index in [2.05, 4.69) is 20.8 Å². The fourth-order valence-electron chi connectivity index (χ4n) is 10.2. The lowest BCUT2D eigenvalue weighted by molar-refractivity contribution is -0.259. The number of methoxy groups -OCH3 is 1. The Morgan fingerprint density at radius 2 is 0.952 bits per heavy atom. The molecule has 0 aromatic heterocycles. The first-order valence-electron chi connectivity index (χ1n) is 22.2. The summed E-state index contributed by atoms with van der Waals surface area (Å²) in [5, 5.41) is 0. The summed E-state index contributed by atoms with van der Waals surface area (Å²) in [5.74, 6) is 0.219. The Morgan fingerprint density at radius 1 is 0.540 bits per heavy atom. The molecular formula is C52H59O10P. The SMILES string of the molecule is COc1ccc(CO[C@H]2[C@H](OCc3ccccc3)[C@@H](OP(=O)(OCc3ccccc3)OCc3ccccc3)[C@H](OCc3ccccc3)[C@H]3OC4(C[C@H]5CC[C@]4(C)C5(C)C)O[C@@H]23)cc1. The Bertz CT molecular complexity index is 2230. The van der Waals surface area contributed by atoms with Crippen molar-refractivity contribution in [3.05, 3.63) is 173 Å². The number of fused-ring (bicyclic) bond motifs is 4. The summed E-state index contributed by atoms with van der Waals surface area (Å²) >= 11 is 0. The van der Waals surface area contributed by atoms with E-state index in [4.69, 9.17) is 42.0 Å². The first-order chi connectivity index (χ1) is 30.6. The molecule has 0 amide bonds. The molecule has 63 heavy (non-hydrogen) atoms. The van der Waals surface area contributed by atoms with Gasteiger partial charge in [-0.25, -0.2) is 4.57 Å². The van der Waals surface area contributed by atoms with E-state index in [1.807, 2.05) is 146 Å². The monoisotopic (exact) mass is 874 g/mol. The number of hydrogen-bond acceptors (Lipinski definition) is 10. The number of phosphoric acid groups is 1. The second-order valence-electron chi connectivity index (χ2n) is 18.1. The maximum atomic E-state index is 15.5. The number of ether oxygens (including phenoxy) is 6. The summed E-state index contributed by atoms with van der Waals surface area (Å²) in [6.45, 7) is 7.60. The molecule has 0 radical (unpaired) electrons. The van der Waals surface area contributed by atoms with E-state index in [1.54, 1.807) is 7.11 Å². The number of rotatable bonds is 18. The molecule has 5 aromatic carbocycles. The fraction of sp³-hybridized carbons (Fsp3) is 0.423. The van der Waals surface area contributed by atoms with Gasteiger partial charge in [-0.1, -0.05) is 154 Å². The minimum absolute atomic E-state index is 0.0221. The molecule has 9 rings (SSSR count). The van der Waals surface area contributed by atoms with E-state index in [9.17, 15) is 0 Å². The molecule has 11 heteroatoms. The highest BCUT2D eigenvalue weighted by molar-refractivity contribution is 7.48. The summed E-state index contributed by atoms with van der Waals surface area (Å²) in [6.07, 6.45) is -2.19. The number of phosphoric ester groups is 1. The predicted molar refractivity (Wildman–Crippen MR) is 238 cm³/mol. The van der Waals surface area contributed by atoms with Gasteiger partial charge in [0, 0.05) is 11.8 Å². The van der Waals surface area contributed by atoms with E-state index >= 15 is 4.57 Å². The lowest BCUT2D eigenvalue weighted by Crippen LogP contribution is -2.65. The van der Waals surface area contributed by atoms with Crippen molar-refractivity contribution in [1.82, 2.24) is 0 Å². The number of benzene rings is 5. The second-order valence-corrected chi connectivity index (χ2v) is 19.7. The molecule has 3 saturated carbocycles. The average molecular weight is 875 g/mol. The van der Waals surface area contributed by atoms with Gasteiger partial charge in [0.15, 0.2) is 5.79 Å². The van der Waals surface area contributed by atoms with Gasteiger partial charge < -0.3 is 28.4 Å². The van der Waals surface area contributed by atoms with Crippen LogP contribution in [0.1, 0.15) is 67.9 Å². The summed E-state index contributed by atoms with van der Waals surface area (Å²) < 4.78 is 76.6. The average Bonchev–Trinajstić information content (AvgIpc) is 3.86. The smallest absolute Gasteiger partial charge is 0.475 e. The van der Waals surface area contributed by atoms with Gasteiger partial charge in [0.05, 0.1) is 40.1 Å². The molecular weight excluding hydrogens is 816 g/mol. The van der Waals surface area contributed by atoms with Crippen LogP contribution in [0.3, 0.4) is 0 Å². The lowest BCUT2D eigenvalue weighted by Gasteiger charge is -2.46. The van der Waals surface area contributed by atoms with Crippen molar-refractivity contribution >= 4 is 7.82 Å². The first-order valence-corrected chi connectivity index (χ1v) is 23.6. The summed E-state index contributed by atoms with van der Waals surface area (Å²) in [4.78, 5) is 0. The third-order valence-corrected chi connectivity index (χ3v) is 15.7. The van der Waals surface area contributed by atoms with Crippen molar-refractivity contribution in [2.75, 3.05) is 7.11 Å². The van der Waals surface area contributed by atoms with Gasteiger partial charge >= 0.3 is 7.82 Å². The van der Waals surface area contributed by atoms with Crippen LogP contribution < -0.4 is 4.74 Å². The van der Waals surface area contributed by atoms with Gasteiger partial charge in [-0.15, -0.1) is 0 Å². The van der Waals surface area contributed by atoms with Crippen molar-refractivity contribution in [2.45, 2.75) is 115 Å². The molecule has 3 aliphatic carbocycles. The van der Waals surface area contributed by atoms with Gasteiger partial charge in [0.1, 0.15) is 42.4 Å². The van der Waals surface area contributed by atoms with Crippen molar-refractivity contribution < 1.29 is 46.6 Å². The maximum Gasteiger partial charge on any atom is 0.475 e. The fourth-order valence-corrected chi connectivity index (χ4v) is 11.6. The molecule has 2 bridgehead atoms. The maximum absolute atomic E-state index is 15.5. The van der Waals surface area contributed by atoms with Gasteiger partial charge in [-0.3, -0.25) is 13.6 Å². The van der Waals surface area contributed by atoms with Gasteiger partial charge in [0.25, 0.3) is 0 Å². The molecule has 1 spiro atoms. The van der Waals surface area contributed by atoms with Gasteiger partial charge in [-0.2, -0.15) is 0 Å².